The molecule has 1 heterocycles. The number of aryl methyl sites for hydroxylation is 1. The molecule has 0 bridgehead atoms. The van der Waals surface area contributed by atoms with E-state index in [1.165, 1.54) is 6.07 Å². The average Bonchev–Trinajstić information content (AvgIpc) is 2.38. The molecule has 1 aromatic carbocycles. The molecule has 1 saturated heterocycles. The standard InChI is InChI=1S/C16H26FN3/c1-12-4-5-14(17)8-13(12)9-15(18)10-16-11-19(2)6-7-20(16)3/h4-5,8,15-16H,6-7,9-11,18H2,1-3H3. The van der Waals surface area contributed by atoms with Crippen LogP contribution in [0, 0.1) is 12.7 Å². The number of halogens is 1. The van der Waals surface area contributed by atoms with Crippen molar-refractivity contribution in [1.29, 1.82) is 0 Å². The second-order valence-electron chi connectivity index (χ2n) is 6.17. The zero-order valence-electron chi connectivity index (χ0n) is 12.8. The van der Waals surface area contributed by atoms with Crippen molar-refractivity contribution >= 4 is 0 Å². The van der Waals surface area contributed by atoms with Crippen molar-refractivity contribution in [3.63, 3.8) is 0 Å². The lowest BCUT2D eigenvalue weighted by Crippen LogP contribution is -2.51. The minimum Gasteiger partial charge on any atom is -0.327 e. The summed E-state index contributed by atoms with van der Waals surface area (Å²) in [4.78, 5) is 4.74. The molecule has 112 valence electrons. The number of benzene rings is 1. The largest absolute Gasteiger partial charge is 0.327 e. The third-order valence-corrected chi connectivity index (χ3v) is 4.35. The van der Waals surface area contributed by atoms with Gasteiger partial charge >= 0.3 is 0 Å². The quantitative estimate of drug-likeness (QED) is 0.909. The fourth-order valence-electron chi connectivity index (χ4n) is 2.93. The molecule has 20 heavy (non-hydrogen) atoms. The van der Waals surface area contributed by atoms with Crippen molar-refractivity contribution in [2.24, 2.45) is 5.73 Å². The Hall–Kier alpha value is -0.970. The summed E-state index contributed by atoms with van der Waals surface area (Å²) < 4.78 is 13.3. The van der Waals surface area contributed by atoms with Crippen LogP contribution >= 0.6 is 0 Å². The third kappa shape index (κ3) is 4.01. The van der Waals surface area contributed by atoms with Crippen molar-refractivity contribution in [1.82, 2.24) is 9.80 Å². The van der Waals surface area contributed by atoms with Crippen LogP contribution in [-0.4, -0.2) is 55.6 Å². The number of rotatable bonds is 4. The predicted octanol–water partition coefficient (Wildman–Crippen LogP) is 1.64. The number of piperazine rings is 1. The van der Waals surface area contributed by atoms with Crippen LogP contribution in [0.5, 0.6) is 0 Å². The number of nitrogens with two attached hydrogens (primary N) is 1. The maximum Gasteiger partial charge on any atom is 0.123 e. The monoisotopic (exact) mass is 279 g/mol. The number of hydrogen-bond acceptors (Lipinski definition) is 3. The maximum atomic E-state index is 13.3. The summed E-state index contributed by atoms with van der Waals surface area (Å²) in [5.41, 5.74) is 8.45. The Bertz CT molecular complexity index is 449. The van der Waals surface area contributed by atoms with Crippen LogP contribution in [0.15, 0.2) is 18.2 Å². The molecular weight excluding hydrogens is 253 g/mol. The van der Waals surface area contributed by atoms with E-state index in [2.05, 4.69) is 23.9 Å². The van der Waals surface area contributed by atoms with E-state index < -0.39 is 0 Å². The zero-order valence-corrected chi connectivity index (χ0v) is 12.8. The molecule has 2 N–H and O–H groups in total. The Morgan fingerprint density at radius 2 is 2.10 bits per heavy atom. The Labute approximate surface area is 121 Å². The fourth-order valence-corrected chi connectivity index (χ4v) is 2.93. The molecular formula is C16H26FN3. The van der Waals surface area contributed by atoms with Gasteiger partial charge in [0.25, 0.3) is 0 Å². The van der Waals surface area contributed by atoms with Gasteiger partial charge in [-0.2, -0.15) is 0 Å². The van der Waals surface area contributed by atoms with Gasteiger partial charge in [-0.15, -0.1) is 0 Å². The van der Waals surface area contributed by atoms with Crippen LogP contribution in [-0.2, 0) is 6.42 Å². The molecule has 0 saturated carbocycles. The normalized spacial score (nSPS) is 22.9. The van der Waals surface area contributed by atoms with E-state index in [9.17, 15) is 4.39 Å². The van der Waals surface area contributed by atoms with Gasteiger partial charge in [0.05, 0.1) is 0 Å². The third-order valence-electron chi connectivity index (χ3n) is 4.35. The summed E-state index contributed by atoms with van der Waals surface area (Å²) in [5.74, 6) is -0.174. The second kappa shape index (κ2) is 6.66. The van der Waals surface area contributed by atoms with Gasteiger partial charge in [-0.3, -0.25) is 0 Å². The summed E-state index contributed by atoms with van der Waals surface area (Å²) in [7, 11) is 4.32. The van der Waals surface area contributed by atoms with Crippen LogP contribution < -0.4 is 5.73 Å². The van der Waals surface area contributed by atoms with Crippen molar-refractivity contribution in [2.45, 2.75) is 31.8 Å². The summed E-state index contributed by atoms with van der Waals surface area (Å²) in [6.07, 6.45) is 1.70. The molecule has 0 radical (unpaired) electrons. The van der Waals surface area contributed by atoms with Crippen molar-refractivity contribution in [3.8, 4) is 0 Å². The molecule has 1 aliphatic rings. The van der Waals surface area contributed by atoms with E-state index in [-0.39, 0.29) is 11.9 Å². The summed E-state index contributed by atoms with van der Waals surface area (Å²) in [6, 6.07) is 5.53. The highest BCUT2D eigenvalue weighted by Crippen LogP contribution is 2.16. The zero-order chi connectivity index (χ0) is 14.7. The Kier molecular flexibility index (Phi) is 5.13. The summed E-state index contributed by atoms with van der Waals surface area (Å²) in [5, 5.41) is 0. The summed E-state index contributed by atoms with van der Waals surface area (Å²) >= 11 is 0. The molecule has 3 nitrogen and oxygen atoms in total. The minimum absolute atomic E-state index is 0.0782. The van der Waals surface area contributed by atoms with Gasteiger partial charge in [-0.05, 0) is 57.1 Å². The molecule has 0 amide bonds. The molecule has 0 spiro atoms. The molecule has 0 aromatic heterocycles. The smallest absolute Gasteiger partial charge is 0.123 e. The lowest BCUT2D eigenvalue weighted by Gasteiger charge is -2.38. The van der Waals surface area contributed by atoms with Gasteiger partial charge in [-0.1, -0.05) is 6.07 Å². The van der Waals surface area contributed by atoms with Gasteiger partial charge < -0.3 is 15.5 Å². The first kappa shape index (κ1) is 15.4. The molecule has 2 unspecified atom stereocenters. The van der Waals surface area contributed by atoms with Gasteiger partial charge in [0, 0.05) is 31.7 Å². The highest BCUT2D eigenvalue weighted by Gasteiger charge is 2.24. The van der Waals surface area contributed by atoms with Gasteiger partial charge in [-0.25, -0.2) is 4.39 Å². The van der Waals surface area contributed by atoms with Crippen molar-refractivity contribution in [2.75, 3.05) is 33.7 Å². The Morgan fingerprint density at radius 3 is 2.85 bits per heavy atom. The van der Waals surface area contributed by atoms with E-state index >= 15 is 0 Å². The SMILES string of the molecule is Cc1ccc(F)cc1CC(N)CC1CN(C)CCN1C. The molecule has 2 rings (SSSR count). The van der Waals surface area contributed by atoms with Gasteiger partial charge in [0.1, 0.15) is 5.82 Å². The van der Waals surface area contributed by atoms with Crippen LogP contribution in [0.3, 0.4) is 0 Å². The molecule has 2 atom stereocenters. The number of hydrogen-bond donors (Lipinski definition) is 1. The molecule has 1 aromatic rings. The first-order valence-electron chi connectivity index (χ1n) is 7.35. The highest BCUT2D eigenvalue weighted by atomic mass is 19.1. The first-order valence-corrected chi connectivity index (χ1v) is 7.35. The second-order valence-corrected chi connectivity index (χ2v) is 6.17. The number of likely N-dealkylation sites (N-methyl/N-ethyl adjacent to an activating group) is 2. The van der Waals surface area contributed by atoms with E-state index in [4.69, 9.17) is 5.73 Å². The van der Waals surface area contributed by atoms with E-state index in [0.717, 1.165) is 43.6 Å². The predicted molar refractivity (Wildman–Crippen MR) is 81.3 cm³/mol. The molecule has 4 heteroatoms. The number of nitrogens with zero attached hydrogens (tertiary/aromatic N) is 2. The van der Waals surface area contributed by atoms with E-state index in [1.807, 2.05) is 13.0 Å². The maximum absolute atomic E-state index is 13.3. The topological polar surface area (TPSA) is 32.5 Å². The van der Waals surface area contributed by atoms with E-state index in [0.29, 0.717) is 6.04 Å². The summed E-state index contributed by atoms with van der Waals surface area (Å²) in [6.45, 7) is 5.28. The van der Waals surface area contributed by atoms with Crippen LogP contribution in [0.1, 0.15) is 17.5 Å². The van der Waals surface area contributed by atoms with Crippen molar-refractivity contribution < 1.29 is 4.39 Å². The molecule has 0 aliphatic carbocycles. The molecule has 1 aliphatic heterocycles. The fraction of sp³-hybridized carbons (Fsp3) is 0.625. The highest BCUT2D eigenvalue weighted by molar-refractivity contribution is 5.27. The lowest BCUT2D eigenvalue weighted by atomic mass is 9.96. The van der Waals surface area contributed by atoms with Gasteiger partial charge in [0.15, 0.2) is 0 Å². The van der Waals surface area contributed by atoms with E-state index in [1.54, 1.807) is 6.07 Å². The molecule has 1 fully saturated rings. The van der Waals surface area contributed by atoms with Crippen LogP contribution in [0.2, 0.25) is 0 Å². The van der Waals surface area contributed by atoms with Crippen LogP contribution in [0.4, 0.5) is 4.39 Å². The van der Waals surface area contributed by atoms with Gasteiger partial charge in [0.2, 0.25) is 0 Å². The first-order chi connectivity index (χ1) is 9.45. The lowest BCUT2D eigenvalue weighted by molar-refractivity contribution is 0.104. The van der Waals surface area contributed by atoms with Crippen molar-refractivity contribution in [3.05, 3.63) is 35.1 Å². The Balaban J connectivity index is 1.94. The average molecular weight is 279 g/mol. The Morgan fingerprint density at radius 1 is 1.35 bits per heavy atom. The van der Waals surface area contributed by atoms with Crippen LogP contribution in [0.25, 0.3) is 0 Å². The minimum atomic E-state index is -0.174.